The van der Waals surface area contributed by atoms with Crippen molar-refractivity contribution in [1.29, 1.82) is 0 Å². The highest BCUT2D eigenvalue weighted by Crippen LogP contribution is 2.45. The number of fused-ring (bicyclic) bond motifs is 3. The summed E-state index contributed by atoms with van der Waals surface area (Å²) in [6.45, 7) is 6.30. The molecule has 0 amide bonds. The molecule has 0 aliphatic carbocycles. The van der Waals surface area contributed by atoms with E-state index in [0.29, 0.717) is 17.9 Å². The van der Waals surface area contributed by atoms with Gasteiger partial charge in [0.2, 0.25) is 9.84 Å². The minimum absolute atomic E-state index is 0.116. The largest absolute Gasteiger partial charge is 0.381 e. The molecule has 26 heavy (non-hydrogen) atoms. The average Bonchev–Trinajstić information content (AvgIpc) is 2.94. The molecule has 2 aromatic rings. The zero-order valence-electron chi connectivity index (χ0n) is 14.9. The molecule has 2 aliphatic rings. The fourth-order valence-corrected chi connectivity index (χ4v) is 5.57. The zero-order chi connectivity index (χ0) is 18.5. The van der Waals surface area contributed by atoms with Crippen molar-refractivity contribution in [3.05, 3.63) is 53.8 Å². The summed E-state index contributed by atoms with van der Waals surface area (Å²) in [5.41, 5.74) is 2.10. The molecule has 0 spiro atoms. The van der Waals surface area contributed by atoms with Crippen LogP contribution in [0.15, 0.2) is 52.3 Å². The molecule has 4 nitrogen and oxygen atoms in total. The number of nitrogens with one attached hydrogen (secondary N) is 2. The van der Waals surface area contributed by atoms with Gasteiger partial charge in [0.15, 0.2) is 0 Å². The predicted octanol–water partition coefficient (Wildman–Crippen LogP) is 3.41. The molecular formula is C20H23FN2O2S. The van der Waals surface area contributed by atoms with E-state index in [9.17, 15) is 12.8 Å². The van der Waals surface area contributed by atoms with Crippen molar-refractivity contribution in [3.8, 4) is 0 Å². The first-order valence-corrected chi connectivity index (χ1v) is 10.5. The Labute approximate surface area is 153 Å². The first-order chi connectivity index (χ1) is 12.4. The normalized spacial score (nSPS) is 28.0. The van der Waals surface area contributed by atoms with Gasteiger partial charge in [-0.05, 0) is 73.0 Å². The van der Waals surface area contributed by atoms with Crippen LogP contribution in [-0.2, 0) is 9.84 Å². The number of benzene rings is 2. The van der Waals surface area contributed by atoms with E-state index in [1.54, 1.807) is 12.1 Å². The number of hydrogen-bond acceptors (Lipinski definition) is 4. The van der Waals surface area contributed by atoms with Crippen molar-refractivity contribution in [2.75, 3.05) is 18.4 Å². The first-order valence-electron chi connectivity index (χ1n) is 9.00. The van der Waals surface area contributed by atoms with Gasteiger partial charge in [0.05, 0.1) is 9.79 Å². The average molecular weight is 374 g/mol. The molecule has 2 N–H and O–H groups in total. The monoisotopic (exact) mass is 374 g/mol. The van der Waals surface area contributed by atoms with Crippen LogP contribution in [0.5, 0.6) is 0 Å². The van der Waals surface area contributed by atoms with Gasteiger partial charge in [-0.2, -0.15) is 0 Å². The van der Waals surface area contributed by atoms with Crippen LogP contribution >= 0.6 is 0 Å². The lowest BCUT2D eigenvalue weighted by Crippen LogP contribution is -2.32. The maximum atomic E-state index is 13.2. The Hall–Kier alpha value is -1.92. The number of anilines is 1. The second-order valence-corrected chi connectivity index (χ2v) is 9.46. The van der Waals surface area contributed by atoms with Gasteiger partial charge in [-0.25, -0.2) is 12.8 Å². The molecule has 0 aromatic heterocycles. The lowest BCUT2D eigenvalue weighted by molar-refractivity contribution is 0.402. The molecule has 4 atom stereocenters. The molecule has 138 valence electrons. The molecule has 1 fully saturated rings. The second kappa shape index (κ2) is 6.35. The Morgan fingerprint density at radius 3 is 2.35 bits per heavy atom. The molecule has 0 saturated carbocycles. The molecule has 2 aromatic carbocycles. The topological polar surface area (TPSA) is 58.2 Å². The van der Waals surface area contributed by atoms with Crippen LogP contribution in [0, 0.1) is 17.7 Å². The van der Waals surface area contributed by atoms with Gasteiger partial charge in [-0.15, -0.1) is 0 Å². The van der Waals surface area contributed by atoms with Crippen LogP contribution in [0.3, 0.4) is 0 Å². The SMILES string of the molecule is CC1CNCC(C)[C@@H]2c3cc(S(=O)(=O)c4ccc(F)cc4)ccc3NC12. The van der Waals surface area contributed by atoms with E-state index in [4.69, 9.17) is 0 Å². The fraction of sp³-hybridized carbons (Fsp3) is 0.400. The van der Waals surface area contributed by atoms with Crippen LogP contribution in [0.1, 0.15) is 25.3 Å². The summed E-state index contributed by atoms with van der Waals surface area (Å²) in [5.74, 6) is 0.689. The van der Waals surface area contributed by atoms with Crippen LogP contribution in [-0.4, -0.2) is 27.5 Å². The van der Waals surface area contributed by atoms with Crippen LogP contribution in [0.2, 0.25) is 0 Å². The van der Waals surface area contributed by atoms with E-state index in [-0.39, 0.29) is 15.7 Å². The zero-order valence-corrected chi connectivity index (χ0v) is 15.7. The van der Waals surface area contributed by atoms with E-state index >= 15 is 0 Å². The highest BCUT2D eigenvalue weighted by Gasteiger charge is 2.40. The minimum Gasteiger partial charge on any atom is -0.381 e. The molecule has 0 bridgehead atoms. The third-order valence-corrected chi connectivity index (χ3v) is 7.45. The lowest BCUT2D eigenvalue weighted by Gasteiger charge is -2.26. The molecule has 2 aliphatic heterocycles. The molecule has 4 rings (SSSR count). The Bertz CT molecular complexity index is 927. The number of sulfone groups is 1. The highest BCUT2D eigenvalue weighted by molar-refractivity contribution is 7.91. The van der Waals surface area contributed by atoms with E-state index in [1.165, 1.54) is 24.3 Å². The number of rotatable bonds is 2. The third kappa shape index (κ3) is 2.81. The Morgan fingerprint density at radius 2 is 1.62 bits per heavy atom. The third-order valence-electron chi connectivity index (χ3n) is 5.68. The van der Waals surface area contributed by atoms with Crippen molar-refractivity contribution in [2.45, 2.75) is 35.6 Å². The van der Waals surface area contributed by atoms with Crippen molar-refractivity contribution >= 4 is 15.5 Å². The lowest BCUT2D eigenvalue weighted by atomic mass is 9.81. The summed E-state index contributed by atoms with van der Waals surface area (Å²) < 4.78 is 39.1. The summed E-state index contributed by atoms with van der Waals surface area (Å²) in [7, 11) is -3.67. The second-order valence-electron chi connectivity index (χ2n) is 7.52. The number of hydrogen-bond donors (Lipinski definition) is 2. The van der Waals surface area contributed by atoms with Gasteiger partial charge < -0.3 is 10.6 Å². The van der Waals surface area contributed by atoms with Crippen molar-refractivity contribution in [1.82, 2.24) is 5.32 Å². The first kappa shape index (κ1) is 17.5. The van der Waals surface area contributed by atoms with Crippen molar-refractivity contribution in [2.24, 2.45) is 11.8 Å². The molecule has 1 saturated heterocycles. The van der Waals surface area contributed by atoms with E-state index in [0.717, 1.165) is 24.3 Å². The number of halogens is 1. The van der Waals surface area contributed by atoms with E-state index < -0.39 is 15.7 Å². The Morgan fingerprint density at radius 1 is 0.962 bits per heavy atom. The van der Waals surface area contributed by atoms with Crippen LogP contribution < -0.4 is 10.6 Å². The minimum atomic E-state index is -3.67. The summed E-state index contributed by atoms with van der Waals surface area (Å²) >= 11 is 0. The Balaban J connectivity index is 1.77. The van der Waals surface area contributed by atoms with E-state index in [2.05, 4.69) is 24.5 Å². The van der Waals surface area contributed by atoms with Gasteiger partial charge in [-0.3, -0.25) is 0 Å². The smallest absolute Gasteiger partial charge is 0.206 e. The van der Waals surface area contributed by atoms with Gasteiger partial charge in [0.25, 0.3) is 0 Å². The summed E-state index contributed by atoms with van der Waals surface area (Å²) in [5, 5.41) is 7.09. The summed E-state index contributed by atoms with van der Waals surface area (Å²) in [4.78, 5) is 0.382. The van der Waals surface area contributed by atoms with Gasteiger partial charge in [-0.1, -0.05) is 13.8 Å². The van der Waals surface area contributed by atoms with Crippen molar-refractivity contribution in [3.63, 3.8) is 0 Å². The summed E-state index contributed by atoms with van der Waals surface area (Å²) in [6, 6.07) is 10.6. The summed E-state index contributed by atoms with van der Waals surface area (Å²) in [6.07, 6.45) is 0. The fourth-order valence-electron chi connectivity index (χ4n) is 4.28. The molecule has 2 heterocycles. The van der Waals surface area contributed by atoms with Gasteiger partial charge in [0.1, 0.15) is 5.82 Å². The molecular weight excluding hydrogens is 351 g/mol. The van der Waals surface area contributed by atoms with Crippen LogP contribution in [0.4, 0.5) is 10.1 Å². The van der Waals surface area contributed by atoms with Gasteiger partial charge >= 0.3 is 0 Å². The molecule has 6 heteroatoms. The quantitative estimate of drug-likeness (QED) is 0.791. The van der Waals surface area contributed by atoms with E-state index in [1.807, 2.05) is 6.07 Å². The molecule has 0 radical (unpaired) electrons. The Kier molecular flexibility index (Phi) is 4.28. The van der Waals surface area contributed by atoms with Crippen molar-refractivity contribution < 1.29 is 12.8 Å². The maximum absolute atomic E-state index is 13.2. The maximum Gasteiger partial charge on any atom is 0.206 e. The standard InChI is InChI=1S/C20H23FN2O2S/c1-12-10-22-11-13(2)20-19(12)17-9-16(7-8-18(17)23-20)26(24,25)15-5-3-14(21)4-6-15/h3-9,12-13,19-20,22-23H,10-11H2,1-2H3/t12?,13?,19-,20?/m1/s1. The van der Waals surface area contributed by atoms with Crippen LogP contribution in [0.25, 0.3) is 0 Å². The predicted molar refractivity (Wildman–Crippen MR) is 99.6 cm³/mol. The molecule has 3 unspecified atom stereocenters. The van der Waals surface area contributed by atoms with Gasteiger partial charge in [0, 0.05) is 17.6 Å². The highest BCUT2D eigenvalue weighted by atomic mass is 32.2.